The van der Waals surface area contributed by atoms with Crippen molar-refractivity contribution in [1.29, 1.82) is 0 Å². The Morgan fingerprint density at radius 2 is 0.788 bits per heavy atom. The third-order valence-corrected chi connectivity index (χ3v) is 18.1. The van der Waals surface area contributed by atoms with Crippen molar-refractivity contribution < 1.29 is 8.83 Å². The maximum atomic E-state index is 6.54. The van der Waals surface area contributed by atoms with Crippen molar-refractivity contribution >= 4 is 111 Å². The molecule has 2 heterocycles. The Morgan fingerprint density at radius 3 is 1.36 bits per heavy atom. The maximum absolute atomic E-state index is 6.54. The van der Waals surface area contributed by atoms with Crippen LogP contribution in [0, 0.1) is 0 Å². The summed E-state index contributed by atoms with van der Waals surface area (Å²) in [5.41, 5.74) is 24.2. The molecule has 412 valence electrons. The number of nitrogens with zero attached hydrogens (tertiary/aromatic N) is 1. The molecule has 16 rings (SSSR count). The highest BCUT2D eigenvalue weighted by molar-refractivity contribution is 9.10. The highest BCUT2D eigenvalue weighted by Crippen LogP contribution is 2.53. The maximum Gasteiger partial charge on any atom is 0.159 e. The van der Waals surface area contributed by atoms with E-state index in [0.717, 1.165) is 98.0 Å². The molecule has 4 nitrogen and oxygen atoms in total. The van der Waals surface area contributed by atoms with Crippen LogP contribution in [0.4, 0.5) is 28.4 Å². The van der Waals surface area contributed by atoms with E-state index in [9.17, 15) is 0 Å². The lowest BCUT2D eigenvalue weighted by atomic mass is 9.82. The van der Waals surface area contributed by atoms with Crippen LogP contribution in [0.1, 0.15) is 49.9 Å². The predicted molar refractivity (Wildman–Crippen MR) is 362 cm³/mol. The summed E-state index contributed by atoms with van der Waals surface area (Å²) in [4.78, 5) is 2.33. The largest absolute Gasteiger partial charge is 0.454 e. The van der Waals surface area contributed by atoms with E-state index in [0.29, 0.717) is 0 Å². The number of halogens is 3. The highest BCUT2D eigenvalue weighted by atomic mass is 79.9. The van der Waals surface area contributed by atoms with Crippen LogP contribution in [0.15, 0.2) is 280 Å². The van der Waals surface area contributed by atoms with E-state index in [1.807, 2.05) is 72.8 Å². The van der Waals surface area contributed by atoms with Gasteiger partial charge in [-0.15, -0.1) is 0 Å². The Kier molecular flexibility index (Phi) is 13.8. The monoisotopic (exact) mass is 1200 g/mol. The zero-order valence-corrected chi connectivity index (χ0v) is 50.4. The Bertz CT molecular complexity index is 4780. The molecule has 0 fully saturated rings. The first-order valence-electron chi connectivity index (χ1n) is 28.6. The molecule has 0 amide bonds. The van der Waals surface area contributed by atoms with Gasteiger partial charge in [-0.2, -0.15) is 0 Å². The van der Waals surface area contributed by atoms with E-state index in [1.165, 1.54) is 55.6 Å². The minimum absolute atomic E-state index is 0.00497. The fourth-order valence-corrected chi connectivity index (χ4v) is 13.2. The van der Waals surface area contributed by atoms with E-state index < -0.39 is 0 Å². The van der Waals surface area contributed by atoms with E-state index in [2.05, 4.69) is 248 Å². The van der Waals surface area contributed by atoms with Gasteiger partial charge in [0.1, 0.15) is 11.2 Å². The third-order valence-electron chi connectivity index (χ3n) is 17.0. The first kappa shape index (κ1) is 53.9. The Balaban J connectivity index is 0.000000128. The number of nitrogens with one attached hydrogen (secondary N) is 1. The van der Waals surface area contributed by atoms with E-state index in [-0.39, 0.29) is 10.8 Å². The lowest BCUT2D eigenvalue weighted by molar-refractivity contribution is 0.660. The number of hydrogen-bond donors (Lipinski definition) is 1. The topological polar surface area (TPSA) is 41.6 Å². The van der Waals surface area contributed by atoms with E-state index in [4.69, 9.17) is 32.0 Å². The molecule has 14 aromatic rings. The van der Waals surface area contributed by atoms with Crippen LogP contribution in [0.5, 0.6) is 0 Å². The molecule has 0 spiro atoms. The van der Waals surface area contributed by atoms with Gasteiger partial charge in [0, 0.05) is 64.0 Å². The summed E-state index contributed by atoms with van der Waals surface area (Å²) in [6, 6.07) is 93.1. The molecule has 0 saturated carbocycles. The summed E-state index contributed by atoms with van der Waals surface area (Å²) in [6.07, 6.45) is 0. The van der Waals surface area contributed by atoms with Crippen LogP contribution >= 0.6 is 39.1 Å². The van der Waals surface area contributed by atoms with Crippen LogP contribution in [0.2, 0.25) is 10.0 Å². The van der Waals surface area contributed by atoms with Crippen LogP contribution in [-0.4, -0.2) is 0 Å². The summed E-state index contributed by atoms with van der Waals surface area (Å²) in [5, 5.41) is 9.64. The summed E-state index contributed by atoms with van der Waals surface area (Å²) in [6.45, 7) is 9.27. The standard InChI is InChI=1S/C39H28ClNO.C27H21NO.C12H8BrCl/c1-39(2)34-11-5-3-8-30(34)31-23-22-29(24-35(31)39)41(28-20-16-26(17-21-28)25-14-18-27(40)19-15-25)36-12-7-10-33-32-9-4-6-13-37(32)42-38(33)36;1-27(2)22-11-5-3-8-18(22)19-15-14-17(16-23(19)27)28-24-12-7-10-21-20-9-4-6-13-25(20)29-26(21)24;13-11-5-1-9(2-6-11)10-3-7-12(14)8-4-10/h3-24H,1-2H3;3-16,28H,1-2H3;1-8H. The molecular weight excluding hydrogens is 1150 g/mol. The molecule has 2 aromatic heterocycles. The number of rotatable bonds is 7. The summed E-state index contributed by atoms with van der Waals surface area (Å²) in [5.74, 6) is 0. The van der Waals surface area contributed by atoms with Crippen molar-refractivity contribution in [1.82, 2.24) is 0 Å². The molecule has 0 atom stereocenters. The van der Waals surface area contributed by atoms with E-state index in [1.54, 1.807) is 0 Å². The van der Waals surface area contributed by atoms with Gasteiger partial charge in [-0.1, -0.05) is 237 Å². The van der Waals surface area contributed by atoms with Gasteiger partial charge >= 0.3 is 0 Å². The van der Waals surface area contributed by atoms with Crippen LogP contribution in [0.3, 0.4) is 0 Å². The minimum Gasteiger partial charge on any atom is -0.454 e. The van der Waals surface area contributed by atoms with Crippen molar-refractivity contribution in [2.75, 3.05) is 10.2 Å². The van der Waals surface area contributed by atoms with Gasteiger partial charge in [0.15, 0.2) is 11.2 Å². The average molecular weight is 1210 g/mol. The molecule has 0 radical (unpaired) electrons. The van der Waals surface area contributed by atoms with Gasteiger partial charge in [-0.05, 0) is 164 Å². The highest BCUT2D eigenvalue weighted by Gasteiger charge is 2.37. The van der Waals surface area contributed by atoms with Crippen molar-refractivity contribution in [3.8, 4) is 44.5 Å². The molecule has 0 bridgehead atoms. The number of benzene rings is 12. The quantitative estimate of drug-likeness (QED) is 0.173. The molecule has 2 aliphatic carbocycles. The normalized spacial score (nSPS) is 13.1. The summed E-state index contributed by atoms with van der Waals surface area (Å²) >= 11 is 15.4. The van der Waals surface area contributed by atoms with Crippen LogP contribution < -0.4 is 10.2 Å². The third kappa shape index (κ3) is 9.86. The number of furan rings is 2. The molecule has 1 N–H and O–H groups in total. The number of para-hydroxylation sites is 4. The number of fused-ring (bicyclic) bond motifs is 12. The smallest absolute Gasteiger partial charge is 0.159 e. The molecule has 0 saturated heterocycles. The second-order valence-electron chi connectivity index (χ2n) is 22.9. The van der Waals surface area contributed by atoms with Gasteiger partial charge in [-0.25, -0.2) is 0 Å². The van der Waals surface area contributed by atoms with Gasteiger partial charge in [0.25, 0.3) is 0 Å². The van der Waals surface area contributed by atoms with Crippen LogP contribution in [0.25, 0.3) is 88.4 Å². The Labute approximate surface area is 513 Å². The first-order valence-corrected chi connectivity index (χ1v) is 30.2. The minimum atomic E-state index is -0.0998. The lowest BCUT2D eigenvalue weighted by Gasteiger charge is -2.28. The fourth-order valence-electron chi connectivity index (χ4n) is 12.7. The Morgan fingerprint density at radius 1 is 0.365 bits per heavy atom. The lowest BCUT2D eigenvalue weighted by Crippen LogP contribution is -2.16. The fraction of sp³-hybridized carbons (Fsp3) is 0.0769. The molecule has 2 aliphatic rings. The molecule has 12 aromatic carbocycles. The number of anilines is 5. The zero-order chi connectivity index (χ0) is 58.0. The molecular formula is C78H57BrCl2N2O2. The van der Waals surface area contributed by atoms with E-state index >= 15 is 0 Å². The molecule has 85 heavy (non-hydrogen) atoms. The summed E-state index contributed by atoms with van der Waals surface area (Å²) in [7, 11) is 0. The molecule has 0 unspecified atom stereocenters. The zero-order valence-electron chi connectivity index (χ0n) is 47.3. The second-order valence-corrected chi connectivity index (χ2v) is 24.7. The average Bonchev–Trinajstić information content (AvgIpc) is 3.41. The van der Waals surface area contributed by atoms with Crippen LogP contribution in [-0.2, 0) is 10.8 Å². The second kappa shape index (κ2) is 21.8. The van der Waals surface area contributed by atoms with Crippen molar-refractivity contribution in [2.45, 2.75) is 38.5 Å². The van der Waals surface area contributed by atoms with Gasteiger partial charge in [0.2, 0.25) is 0 Å². The molecule has 7 heteroatoms. The number of hydrogen-bond acceptors (Lipinski definition) is 4. The van der Waals surface area contributed by atoms with Crippen molar-refractivity contribution in [2.24, 2.45) is 0 Å². The predicted octanol–water partition coefficient (Wildman–Crippen LogP) is 24.1. The van der Waals surface area contributed by atoms with Gasteiger partial charge < -0.3 is 19.1 Å². The SMILES string of the molecule is CC1(C)c2ccccc2-c2ccc(N(c3ccc(-c4ccc(Cl)cc4)cc3)c3cccc4c3oc3ccccc34)cc21.CC1(C)c2ccccc2-c2ccc(Nc3cccc4c3oc3ccccc34)cc21.Clc1ccc(-c2ccc(Br)cc2)cc1. The van der Waals surface area contributed by atoms with Crippen molar-refractivity contribution in [3.05, 3.63) is 304 Å². The van der Waals surface area contributed by atoms with Crippen molar-refractivity contribution in [3.63, 3.8) is 0 Å². The van der Waals surface area contributed by atoms with Gasteiger partial charge in [-0.3, -0.25) is 0 Å². The summed E-state index contributed by atoms with van der Waals surface area (Å²) < 4.78 is 13.8. The Hall–Kier alpha value is -9.10. The van der Waals surface area contributed by atoms with Gasteiger partial charge in [0.05, 0.1) is 11.4 Å². The molecule has 0 aliphatic heterocycles. The first-order chi connectivity index (χ1) is 41.4.